The van der Waals surface area contributed by atoms with Gasteiger partial charge >= 0.3 is 0 Å². The van der Waals surface area contributed by atoms with Gasteiger partial charge in [0.05, 0.1) is 16.6 Å². The lowest BCUT2D eigenvalue weighted by Gasteiger charge is -2.37. The summed E-state index contributed by atoms with van der Waals surface area (Å²) in [5.74, 6) is -2.52. The van der Waals surface area contributed by atoms with Crippen molar-refractivity contribution in [1.29, 1.82) is 0 Å². The second kappa shape index (κ2) is 9.66. The van der Waals surface area contributed by atoms with Crippen molar-refractivity contribution in [3.8, 4) is 5.88 Å². The molecule has 2 heterocycles. The fraction of sp³-hybridized carbons (Fsp3) is 0.538. The maximum absolute atomic E-state index is 13.1. The number of alkyl halides is 2. The maximum atomic E-state index is 13.1. The lowest BCUT2D eigenvalue weighted by atomic mass is 9.74. The van der Waals surface area contributed by atoms with Crippen molar-refractivity contribution in [1.82, 2.24) is 20.6 Å². The maximum Gasteiger partial charge on any atom is 0.270 e. The van der Waals surface area contributed by atoms with E-state index in [-0.39, 0.29) is 40.8 Å². The number of fused-ring (bicyclic) bond motifs is 2. The lowest BCUT2D eigenvalue weighted by molar-refractivity contribution is -0.135. The van der Waals surface area contributed by atoms with Gasteiger partial charge in [-0.15, -0.1) is 0 Å². The Morgan fingerprint density at radius 1 is 1.08 bits per heavy atom. The summed E-state index contributed by atoms with van der Waals surface area (Å²) in [6.07, 6.45) is 6.25. The number of halogens is 4. The number of nitrogens with one attached hydrogen (secondary N) is 2. The van der Waals surface area contributed by atoms with E-state index in [0.717, 1.165) is 31.4 Å². The molecule has 0 aromatic carbocycles. The Morgan fingerprint density at radius 3 is 2.32 bits per heavy atom. The zero-order chi connectivity index (χ0) is 26.5. The van der Waals surface area contributed by atoms with Gasteiger partial charge in [0.25, 0.3) is 17.7 Å². The molecule has 37 heavy (non-hydrogen) atoms. The summed E-state index contributed by atoms with van der Waals surface area (Å²) in [5.41, 5.74) is -0.0158. The first-order chi connectivity index (χ1) is 17.4. The van der Waals surface area contributed by atoms with E-state index in [1.807, 2.05) is 6.07 Å². The molecular weight excluding hydrogens is 525 g/mol. The number of carbonyl (C=O) groups is 2. The predicted octanol–water partition coefficient (Wildman–Crippen LogP) is 5.17. The molecule has 3 saturated carbocycles. The molecule has 0 aliphatic heterocycles. The summed E-state index contributed by atoms with van der Waals surface area (Å²) in [6.45, 7) is 3.34. The van der Waals surface area contributed by atoms with E-state index in [1.54, 1.807) is 19.9 Å². The topological polar surface area (TPSA) is 93.2 Å². The molecule has 3 fully saturated rings. The Morgan fingerprint density at radius 2 is 1.76 bits per heavy atom. The zero-order valence-electron chi connectivity index (χ0n) is 20.4. The van der Waals surface area contributed by atoms with Gasteiger partial charge in [-0.3, -0.25) is 14.6 Å². The Kier molecular flexibility index (Phi) is 6.81. The SMILES string of the molecule is CC(C)(Oc1ncc(Cl)cc1Cl)C(=O)NC1CC2CCC(C1)C2c1ccc(C(=O)NC2CC2(F)F)cn1. The van der Waals surface area contributed by atoms with E-state index in [0.29, 0.717) is 16.9 Å². The molecule has 0 saturated heterocycles. The monoisotopic (exact) mass is 552 g/mol. The standard InChI is InChI=1S/C26H28Cl2F2N4O3/c1-25(2,37-23-18(28)9-16(27)12-32-23)24(36)33-17-7-13-3-4-14(8-17)21(13)19-6-5-15(11-31-19)22(35)34-20-10-26(20,29)30/h5-6,9,11-14,17,20-21H,3-4,7-8,10H2,1-2H3,(H,33,36)(H,34,35). The van der Waals surface area contributed by atoms with Crippen molar-refractivity contribution in [3.05, 3.63) is 51.9 Å². The number of pyridine rings is 2. The summed E-state index contributed by atoms with van der Waals surface area (Å²) in [7, 11) is 0. The van der Waals surface area contributed by atoms with Gasteiger partial charge in [-0.1, -0.05) is 23.2 Å². The van der Waals surface area contributed by atoms with Crippen LogP contribution in [-0.4, -0.2) is 45.4 Å². The smallest absolute Gasteiger partial charge is 0.270 e. The van der Waals surface area contributed by atoms with Gasteiger partial charge in [0.1, 0.15) is 5.02 Å². The van der Waals surface area contributed by atoms with Gasteiger partial charge < -0.3 is 15.4 Å². The number of amides is 2. The molecule has 2 aromatic heterocycles. The van der Waals surface area contributed by atoms with Crippen LogP contribution in [0, 0.1) is 11.8 Å². The molecule has 3 aliphatic rings. The van der Waals surface area contributed by atoms with Crippen LogP contribution in [0.25, 0.3) is 0 Å². The highest BCUT2D eigenvalue weighted by Gasteiger charge is 2.58. The quantitative estimate of drug-likeness (QED) is 0.494. The first-order valence-electron chi connectivity index (χ1n) is 12.4. The first-order valence-corrected chi connectivity index (χ1v) is 13.1. The van der Waals surface area contributed by atoms with Gasteiger partial charge in [0.2, 0.25) is 5.88 Å². The van der Waals surface area contributed by atoms with Crippen molar-refractivity contribution in [3.63, 3.8) is 0 Å². The molecule has 198 valence electrons. The summed E-state index contributed by atoms with van der Waals surface area (Å²) in [4.78, 5) is 33.9. The Labute approximate surface area is 223 Å². The average molecular weight is 553 g/mol. The molecule has 2 N–H and O–H groups in total. The minimum absolute atomic E-state index is 0.00281. The summed E-state index contributed by atoms with van der Waals surface area (Å²) in [6, 6.07) is 3.91. The molecule has 11 heteroatoms. The number of nitrogens with zero attached hydrogens (tertiary/aromatic N) is 2. The van der Waals surface area contributed by atoms with Crippen LogP contribution < -0.4 is 15.4 Å². The van der Waals surface area contributed by atoms with Crippen LogP contribution in [0.1, 0.15) is 67.9 Å². The van der Waals surface area contributed by atoms with Crippen LogP contribution in [0.3, 0.4) is 0 Å². The Hall–Kier alpha value is -2.52. The van der Waals surface area contributed by atoms with Gasteiger partial charge in [-0.05, 0) is 69.6 Å². The highest BCUT2D eigenvalue weighted by atomic mass is 35.5. The van der Waals surface area contributed by atoms with Crippen molar-refractivity contribution in [2.45, 2.75) is 75.5 Å². The van der Waals surface area contributed by atoms with E-state index < -0.39 is 23.5 Å². The van der Waals surface area contributed by atoms with E-state index >= 15 is 0 Å². The second-order valence-electron chi connectivity index (χ2n) is 10.8. The minimum atomic E-state index is -2.81. The predicted molar refractivity (Wildman–Crippen MR) is 134 cm³/mol. The summed E-state index contributed by atoms with van der Waals surface area (Å²) in [5, 5.41) is 6.10. The molecule has 3 aliphatic carbocycles. The number of hydrogen-bond donors (Lipinski definition) is 2. The molecule has 3 atom stereocenters. The molecule has 2 bridgehead atoms. The van der Waals surface area contributed by atoms with Gasteiger partial charge in [-0.2, -0.15) is 0 Å². The third kappa shape index (κ3) is 5.53. The van der Waals surface area contributed by atoms with Crippen LogP contribution in [0.4, 0.5) is 8.78 Å². The molecular formula is C26H28Cl2F2N4O3. The molecule has 2 aromatic rings. The highest BCUT2D eigenvalue weighted by molar-refractivity contribution is 6.35. The van der Waals surface area contributed by atoms with Crippen LogP contribution in [0.2, 0.25) is 10.0 Å². The summed E-state index contributed by atoms with van der Waals surface area (Å²) >= 11 is 12.0. The van der Waals surface area contributed by atoms with Crippen molar-refractivity contribution >= 4 is 35.0 Å². The van der Waals surface area contributed by atoms with E-state index in [1.165, 1.54) is 18.5 Å². The Balaban J connectivity index is 1.18. The molecule has 3 unspecified atom stereocenters. The van der Waals surface area contributed by atoms with Crippen molar-refractivity contribution < 1.29 is 23.1 Å². The number of aromatic nitrogens is 2. The largest absolute Gasteiger partial charge is 0.460 e. The third-order valence-electron chi connectivity index (χ3n) is 7.63. The van der Waals surface area contributed by atoms with E-state index in [9.17, 15) is 18.4 Å². The molecule has 0 radical (unpaired) electrons. The lowest BCUT2D eigenvalue weighted by Crippen LogP contribution is -2.52. The van der Waals surface area contributed by atoms with Crippen molar-refractivity contribution in [2.75, 3.05) is 0 Å². The van der Waals surface area contributed by atoms with E-state index in [4.69, 9.17) is 27.9 Å². The molecule has 5 rings (SSSR count). The fourth-order valence-corrected chi connectivity index (χ4v) is 6.02. The van der Waals surface area contributed by atoms with Crippen LogP contribution in [0.5, 0.6) is 5.88 Å². The molecule has 2 amide bonds. The number of carbonyl (C=O) groups excluding carboxylic acids is 2. The Bertz CT molecular complexity index is 1200. The van der Waals surface area contributed by atoms with Gasteiger partial charge in [0, 0.05) is 36.5 Å². The fourth-order valence-electron chi connectivity index (χ4n) is 5.60. The summed E-state index contributed by atoms with van der Waals surface area (Å²) < 4.78 is 32.0. The van der Waals surface area contributed by atoms with Gasteiger partial charge in [0.15, 0.2) is 5.60 Å². The average Bonchev–Trinajstić information content (AvgIpc) is 3.34. The molecule has 7 nitrogen and oxygen atoms in total. The molecule has 0 spiro atoms. The normalized spacial score (nSPS) is 27.9. The zero-order valence-corrected chi connectivity index (χ0v) is 22.0. The van der Waals surface area contributed by atoms with E-state index in [2.05, 4.69) is 20.6 Å². The highest BCUT2D eigenvalue weighted by Crippen LogP contribution is 2.51. The number of ether oxygens (including phenoxy) is 1. The number of rotatable bonds is 7. The number of hydrogen-bond acceptors (Lipinski definition) is 5. The first kappa shape index (κ1) is 26.1. The minimum Gasteiger partial charge on any atom is -0.460 e. The van der Waals surface area contributed by atoms with Crippen LogP contribution in [0.15, 0.2) is 30.6 Å². The van der Waals surface area contributed by atoms with Crippen LogP contribution in [-0.2, 0) is 4.79 Å². The van der Waals surface area contributed by atoms with Crippen LogP contribution >= 0.6 is 23.2 Å². The van der Waals surface area contributed by atoms with Gasteiger partial charge in [-0.25, -0.2) is 13.8 Å². The second-order valence-corrected chi connectivity index (χ2v) is 11.6. The third-order valence-corrected chi connectivity index (χ3v) is 8.11. The van der Waals surface area contributed by atoms with Crippen molar-refractivity contribution in [2.24, 2.45) is 11.8 Å².